The summed E-state index contributed by atoms with van der Waals surface area (Å²) in [6.07, 6.45) is 4.84. The van der Waals surface area contributed by atoms with Gasteiger partial charge in [-0.3, -0.25) is 0 Å². The van der Waals surface area contributed by atoms with Crippen LogP contribution in [0.1, 0.15) is 39.0 Å². The Morgan fingerprint density at radius 1 is 1.33 bits per heavy atom. The SMILES string of the molecule is CC[C@@H]1CCCC[C@@H]1F. The lowest BCUT2D eigenvalue weighted by molar-refractivity contribution is 0.162. The molecule has 0 aromatic heterocycles. The van der Waals surface area contributed by atoms with Crippen LogP contribution in [-0.4, -0.2) is 6.17 Å². The molecule has 0 unspecified atom stereocenters. The first kappa shape index (κ1) is 7.04. The zero-order chi connectivity index (χ0) is 6.69. The van der Waals surface area contributed by atoms with E-state index in [9.17, 15) is 4.39 Å². The van der Waals surface area contributed by atoms with Crippen molar-refractivity contribution in [3.63, 3.8) is 0 Å². The minimum atomic E-state index is -0.483. The molecule has 0 spiro atoms. The summed E-state index contributed by atoms with van der Waals surface area (Å²) in [5.74, 6) is 0.388. The van der Waals surface area contributed by atoms with Crippen LogP contribution >= 0.6 is 0 Å². The highest BCUT2D eigenvalue weighted by atomic mass is 19.1. The lowest BCUT2D eigenvalue weighted by atomic mass is 9.86. The topological polar surface area (TPSA) is 0 Å². The standard InChI is InChI=1S/C8H15F/c1-2-7-5-3-4-6-8(7)9/h7-8H,2-6H2,1H3/t7-,8+/m1/s1. The van der Waals surface area contributed by atoms with Gasteiger partial charge in [-0.15, -0.1) is 0 Å². The fourth-order valence-electron chi connectivity index (χ4n) is 1.62. The number of hydrogen-bond acceptors (Lipinski definition) is 0. The molecule has 0 amide bonds. The average Bonchev–Trinajstić information content (AvgIpc) is 1.89. The molecular weight excluding hydrogens is 115 g/mol. The van der Waals surface area contributed by atoms with E-state index >= 15 is 0 Å². The molecule has 1 rings (SSSR count). The summed E-state index contributed by atoms with van der Waals surface area (Å²) < 4.78 is 12.8. The quantitative estimate of drug-likeness (QED) is 0.512. The largest absolute Gasteiger partial charge is 0.247 e. The average molecular weight is 130 g/mol. The summed E-state index contributed by atoms with van der Waals surface area (Å²) >= 11 is 0. The van der Waals surface area contributed by atoms with E-state index in [0.717, 1.165) is 25.7 Å². The van der Waals surface area contributed by atoms with Crippen LogP contribution in [0.25, 0.3) is 0 Å². The van der Waals surface area contributed by atoms with Gasteiger partial charge in [-0.25, -0.2) is 4.39 Å². The highest BCUT2D eigenvalue weighted by Crippen LogP contribution is 2.28. The third-order valence-corrected chi connectivity index (χ3v) is 2.34. The molecule has 0 N–H and O–H groups in total. The Morgan fingerprint density at radius 2 is 2.00 bits per heavy atom. The minimum Gasteiger partial charge on any atom is -0.247 e. The second-order valence-corrected chi connectivity index (χ2v) is 2.97. The Balaban J connectivity index is 2.30. The summed E-state index contributed by atoms with van der Waals surface area (Å²) in [5.41, 5.74) is 0. The van der Waals surface area contributed by atoms with E-state index in [1.165, 1.54) is 6.42 Å². The molecule has 0 nitrogen and oxygen atoms in total. The second kappa shape index (κ2) is 3.19. The van der Waals surface area contributed by atoms with Crippen LogP contribution in [0.3, 0.4) is 0 Å². The molecular formula is C8H15F. The van der Waals surface area contributed by atoms with Gasteiger partial charge in [-0.2, -0.15) is 0 Å². The van der Waals surface area contributed by atoms with E-state index in [4.69, 9.17) is 0 Å². The van der Waals surface area contributed by atoms with Gasteiger partial charge in [0.2, 0.25) is 0 Å². The van der Waals surface area contributed by atoms with E-state index in [2.05, 4.69) is 6.92 Å². The van der Waals surface area contributed by atoms with Gasteiger partial charge in [0, 0.05) is 0 Å². The van der Waals surface area contributed by atoms with Crippen molar-refractivity contribution in [3.05, 3.63) is 0 Å². The highest BCUT2D eigenvalue weighted by Gasteiger charge is 2.22. The summed E-state index contributed by atoms with van der Waals surface area (Å²) in [6.45, 7) is 2.09. The van der Waals surface area contributed by atoms with Crippen molar-refractivity contribution in [2.45, 2.75) is 45.2 Å². The van der Waals surface area contributed by atoms with Gasteiger partial charge in [-0.05, 0) is 18.8 Å². The maximum absolute atomic E-state index is 12.8. The number of hydrogen-bond donors (Lipinski definition) is 0. The smallest absolute Gasteiger partial charge is 0.103 e. The Bertz CT molecular complexity index is 80.6. The Morgan fingerprint density at radius 3 is 2.44 bits per heavy atom. The number of alkyl halides is 1. The monoisotopic (exact) mass is 130 g/mol. The summed E-state index contributed by atoms with van der Waals surface area (Å²) in [5, 5.41) is 0. The lowest BCUT2D eigenvalue weighted by Gasteiger charge is -2.23. The molecule has 0 heterocycles. The first-order valence-electron chi connectivity index (χ1n) is 3.98. The molecule has 0 aliphatic heterocycles. The van der Waals surface area contributed by atoms with Gasteiger partial charge < -0.3 is 0 Å². The molecule has 0 aromatic rings. The molecule has 1 aliphatic rings. The minimum absolute atomic E-state index is 0.388. The molecule has 1 fully saturated rings. The van der Waals surface area contributed by atoms with Gasteiger partial charge in [0.25, 0.3) is 0 Å². The molecule has 54 valence electrons. The van der Waals surface area contributed by atoms with E-state index in [0.29, 0.717) is 5.92 Å². The van der Waals surface area contributed by atoms with Gasteiger partial charge in [-0.1, -0.05) is 26.2 Å². The molecule has 0 radical (unpaired) electrons. The fourth-order valence-corrected chi connectivity index (χ4v) is 1.62. The van der Waals surface area contributed by atoms with Crippen molar-refractivity contribution in [2.24, 2.45) is 5.92 Å². The van der Waals surface area contributed by atoms with Crippen LogP contribution in [0.5, 0.6) is 0 Å². The summed E-state index contributed by atoms with van der Waals surface area (Å²) in [4.78, 5) is 0. The fraction of sp³-hybridized carbons (Fsp3) is 1.00. The lowest BCUT2D eigenvalue weighted by Crippen LogP contribution is -2.19. The van der Waals surface area contributed by atoms with Crippen LogP contribution in [-0.2, 0) is 0 Å². The van der Waals surface area contributed by atoms with E-state index in [-0.39, 0.29) is 0 Å². The Hall–Kier alpha value is -0.0700. The predicted octanol–water partition coefficient (Wildman–Crippen LogP) is 2.92. The van der Waals surface area contributed by atoms with Crippen molar-refractivity contribution in [3.8, 4) is 0 Å². The molecule has 9 heavy (non-hydrogen) atoms. The molecule has 1 heteroatoms. The van der Waals surface area contributed by atoms with Crippen LogP contribution in [0, 0.1) is 5.92 Å². The van der Waals surface area contributed by atoms with Gasteiger partial charge in [0.15, 0.2) is 0 Å². The Kier molecular flexibility index (Phi) is 2.49. The summed E-state index contributed by atoms with van der Waals surface area (Å²) in [7, 11) is 0. The number of halogens is 1. The first-order chi connectivity index (χ1) is 4.34. The molecule has 0 aromatic carbocycles. The van der Waals surface area contributed by atoms with Gasteiger partial charge >= 0.3 is 0 Å². The third kappa shape index (κ3) is 1.67. The van der Waals surface area contributed by atoms with Gasteiger partial charge in [0.1, 0.15) is 6.17 Å². The van der Waals surface area contributed by atoms with Crippen molar-refractivity contribution >= 4 is 0 Å². The van der Waals surface area contributed by atoms with Crippen LogP contribution in [0.2, 0.25) is 0 Å². The van der Waals surface area contributed by atoms with Crippen molar-refractivity contribution in [2.75, 3.05) is 0 Å². The molecule has 1 aliphatic carbocycles. The van der Waals surface area contributed by atoms with Gasteiger partial charge in [0.05, 0.1) is 0 Å². The maximum Gasteiger partial charge on any atom is 0.103 e. The first-order valence-corrected chi connectivity index (χ1v) is 3.98. The molecule has 0 bridgehead atoms. The predicted molar refractivity (Wildman–Crippen MR) is 37.1 cm³/mol. The van der Waals surface area contributed by atoms with Crippen molar-refractivity contribution < 1.29 is 4.39 Å². The van der Waals surface area contributed by atoms with E-state index < -0.39 is 6.17 Å². The van der Waals surface area contributed by atoms with Crippen LogP contribution in [0.15, 0.2) is 0 Å². The maximum atomic E-state index is 12.8. The third-order valence-electron chi connectivity index (χ3n) is 2.34. The second-order valence-electron chi connectivity index (χ2n) is 2.97. The Labute approximate surface area is 56.5 Å². The zero-order valence-electron chi connectivity index (χ0n) is 6.07. The number of rotatable bonds is 1. The zero-order valence-corrected chi connectivity index (χ0v) is 6.07. The van der Waals surface area contributed by atoms with Crippen LogP contribution < -0.4 is 0 Å². The van der Waals surface area contributed by atoms with Crippen molar-refractivity contribution in [1.29, 1.82) is 0 Å². The van der Waals surface area contributed by atoms with E-state index in [1.807, 2.05) is 0 Å². The summed E-state index contributed by atoms with van der Waals surface area (Å²) in [6, 6.07) is 0. The molecule has 1 saturated carbocycles. The highest BCUT2D eigenvalue weighted by molar-refractivity contribution is 4.72. The molecule has 2 atom stereocenters. The van der Waals surface area contributed by atoms with E-state index in [1.54, 1.807) is 0 Å². The normalized spacial score (nSPS) is 36.7. The van der Waals surface area contributed by atoms with Crippen LogP contribution in [0.4, 0.5) is 4.39 Å². The van der Waals surface area contributed by atoms with Crippen molar-refractivity contribution in [1.82, 2.24) is 0 Å². The molecule has 0 saturated heterocycles.